The van der Waals surface area contributed by atoms with Crippen LogP contribution < -0.4 is 5.32 Å². The molecule has 5 rings (SSSR count). The second-order valence-electron chi connectivity index (χ2n) is 8.84. The Morgan fingerprint density at radius 3 is 2.56 bits per heavy atom. The minimum Gasteiger partial charge on any atom is -0.444 e. The van der Waals surface area contributed by atoms with Crippen LogP contribution in [-0.2, 0) is 23.9 Å². The molecule has 1 heterocycles. The zero-order valence-electron chi connectivity index (χ0n) is 20.0. The average Bonchev–Trinajstić information content (AvgIpc) is 2.92. The lowest BCUT2D eigenvalue weighted by atomic mass is 9.76. The fraction of sp³-hybridized carbons (Fsp3) is 0.138. The number of hydrogen-bond acceptors (Lipinski definition) is 3. The van der Waals surface area contributed by atoms with E-state index >= 15 is 0 Å². The Bertz CT molecular complexity index is 1630. The number of aromatic nitrogens is 1. The van der Waals surface area contributed by atoms with Gasteiger partial charge in [0.05, 0.1) is 22.2 Å². The predicted molar refractivity (Wildman–Crippen MR) is 143 cm³/mol. The number of ether oxygens (including phenoxy) is 1. The summed E-state index contributed by atoms with van der Waals surface area (Å²) < 4.78 is 44.8. The van der Waals surface area contributed by atoms with Crippen LogP contribution in [0, 0.1) is 6.57 Å². The zero-order chi connectivity index (χ0) is 27.7. The highest BCUT2D eigenvalue weighted by molar-refractivity contribution is 6.42. The number of benzene rings is 3. The lowest BCUT2D eigenvalue weighted by Crippen LogP contribution is -2.18. The van der Waals surface area contributed by atoms with Gasteiger partial charge in [-0.05, 0) is 52.4 Å². The molecule has 0 saturated heterocycles. The normalized spacial score (nSPS) is 14.1. The molecule has 0 spiro atoms. The predicted octanol–water partition coefficient (Wildman–Crippen LogP) is 9.06. The number of nitrogens with one attached hydrogen (secondary N) is 1. The third kappa shape index (κ3) is 5.29. The van der Waals surface area contributed by atoms with E-state index in [1.807, 2.05) is 36.4 Å². The number of carbonyl (C=O) groups is 1. The minimum absolute atomic E-state index is 0.0411. The Morgan fingerprint density at radius 2 is 1.82 bits per heavy atom. The Kier molecular flexibility index (Phi) is 7.21. The molecule has 4 aromatic rings. The third-order valence-electron chi connectivity index (χ3n) is 6.52. The molecule has 0 radical (unpaired) electrons. The first kappa shape index (κ1) is 26.5. The van der Waals surface area contributed by atoms with Crippen molar-refractivity contribution in [2.45, 2.75) is 25.1 Å². The first-order valence-electron chi connectivity index (χ1n) is 11.7. The summed E-state index contributed by atoms with van der Waals surface area (Å²) in [7, 11) is 0. The molecule has 1 aliphatic rings. The molecular weight excluding hydrogens is 550 g/mol. The minimum atomic E-state index is -4.59. The van der Waals surface area contributed by atoms with Gasteiger partial charge >= 0.3 is 12.3 Å². The van der Waals surface area contributed by atoms with Crippen LogP contribution in [-0.4, -0.2) is 11.1 Å². The lowest BCUT2D eigenvalue weighted by molar-refractivity contribution is -0.138. The number of hydrogen-bond donors (Lipinski definition) is 1. The van der Waals surface area contributed by atoms with Crippen LogP contribution in [0.3, 0.4) is 0 Å². The van der Waals surface area contributed by atoms with Crippen molar-refractivity contribution in [3.63, 3.8) is 0 Å². The van der Waals surface area contributed by atoms with E-state index in [-0.39, 0.29) is 23.0 Å². The number of fused-ring (bicyclic) bond motifs is 3. The van der Waals surface area contributed by atoms with Crippen molar-refractivity contribution in [2.75, 3.05) is 5.32 Å². The Morgan fingerprint density at radius 1 is 1.08 bits per heavy atom. The SMILES string of the molecule is [C-]#[N+]c1c(NC(=O)OCc2ccccc2C(F)(F)F)ncc2c1-c1ccccc1C(c1ccc(Cl)c(Cl)c1)C2. The largest absolute Gasteiger partial charge is 0.444 e. The molecule has 1 aromatic heterocycles. The second-order valence-corrected chi connectivity index (χ2v) is 9.66. The summed E-state index contributed by atoms with van der Waals surface area (Å²) in [6.45, 7) is 7.24. The smallest absolute Gasteiger partial charge is 0.416 e. The van der Waals surface area contributed by atoms with E-state index < -0.39 is 24.4 Å². The van der Waals surface area contributed by atoms with Crippen LogP contribution in [0.2, 0.25) is 10.0 Å². The van der Waals surface area contributed by atoms with Crippen LogP contribution in [0.15, 0.2) is 72.9 Å². The maximum Gasteiger partial charge on any atom is 0.416 e. The van der Waals surface area contributed by atoms with Gasteiger partial charge in [0, 0.05) is 17.7 Å². The summed E-state index contributed by atoms with van der Waals surface area (Å²) in [5.74, 6) is -0.109. The van der Waals surface area contributed by atoms with E-state index in [0.717, 1.165) is 28.3 Å². The summed E-state index contributed by atoms with van der Waals surface area (Å²) in [5, 5.41) is 3.32. The Hall–Kier alpha value is -4.06. The van der Waals surface area contributed by atoms with E-state index in [2.05, 4.69) is 15.1 Å². The maximum absolute atomic E-state index is 13.3. The summed E-state index contributed by atoms with van der Waals surface area (Å²) in [6, 6.07) is 17.9. The van der Waals surface area contributed by atoms with Gasteiger partial charge in [-0.2, -0.15) is 13.2 Å². The van der Waals surface area contributed by atoms with Crippen LogP contribution >= 0.6 is 23.2 Å². The third-order valence-corrected chi connectivity index (χ3v) is 7.26. The molecular formula is C29H18Cl2F3N3O2. The van der Waals surface area contributed by atoms with E-state index in [9.17, 15) is 18.0 Å². The van der Waals surface area contributed by atoms with Crippen LogP contribution in [0.5, 0.6) is 0 Å². The summed E-state index contributed by atoms with van der Waals surface area (Å²) in [4.78, 5) is 20.5. The van der Waals surface area contributed by atoms with Gasteiger partial charge in [0.1, 0.15) is 12.4 Å². The molecule has 1 aliphatic carbocycles. The van der Waals surface area contributed by atoms with Gasteiger partial charge in [-0.25, -0.2) is 9.64 Å². The number of nitrogens with zero attached hydrogens (tertiary/aromatic N) is 2. The first-order chi connectivity index (χ1) is 18.7. The van der Waals surface area contributed by atoms with E-state index in [4.69, 9.17) is 34.5 Å². The van der Waals surface area contributed by atoms with Gasteiger partial charge in [0.25, 0.3) is 0 Å². The van der Waals surface area contributed by atoms with Gasteiger partial charge in [0.2, 0.25) is 5.69 Å². The van der Waals surface area contributed by atoms with Gasteiger partial charge in [-0.1, -0.05) is 71.7 Å². The molecule has 10 heteroatoms. The molecule has 196 valence electrons. The molecule has 1 N–H and O–H groups in total. The number of rotatable bonds is 4. The molecule has 0 aliphatic heterocycles. The quantitative estimate of drug-likeness (QED) is 0.250. The monoisotopic (exact) mass is 567 g/mol. The van der Waals surface area contributed by atoms with Crippen LogP contribution in [0.1, 0.15) is 33.7 Å². The van der Waals surface area contributed by atoms with Crippen molar-refractivity contribution in [3.8, 4) is 11.1 Å². The number of alkyl halides is 3. The van der Waals surface area contributed by atoms with Crippen LogP contribution in [0.4, 0.5) is 29.5 Å². The van der Waals surface area contributed by atoms with Gasteiger partial charge in [-0.3, -0.25) is 10.3 Å². The summed E-state index contributed by atoms with van der Waals surface area (Å²) >= 11 is 12.4. The summed E-state index contributed by atoms with van der Waals surface area (Å²) in [6.07, 6.45) is -3.50. The standard InChI is InChI=1S/C29H18Cl2F3N3O2/c1-35-26-25-18(12-21(19-7-3-4-8-20(19)25)16-10-11-23(30)24(31)13-16)14-36-27(26)37-28(38)39-15-17-6-2-5-9-22(17)29(32,33)34/h2-11,13-14,21H,12,15H2,(H,36,37,38). The van der Waals surface area contributed by atoms with Crippen molar-refractivity contribution in [2.24, 2.45) is 0 Å². The number of pyridine rings is 1. The first-order valence-corrected chi connectivity index (χ1v) is 12.5. The van der Waals surface area contributed by atoms with Crippen molar-refractivity contribution >= 4 is 40.8 Å². The maximum atomic E-state index is 13.3. The molecule has 0 saturated carbocycles. The average molecular weight is 568 g/mol. The molecule has 0 bridgehead atoms. The molecule has 5 nitrogen and oxygen atoms in total. The van der Waals surface area contributed by atoms with E-state index in [1.165, 1.54) is 18.2 Å². The molecule has 1 unspecified atom stereocenters. The van der Waals surface area contributed by atoms with Gasteiger partial charge in [-0.15, -0.1) is 0 Å². The molecule has 0 fully saturated rings. The van der Waals surface area contributed by atoms with Crippen molar-refractivity contribution < 1.29 is 22.7 Å². The highest BCUT2D eigenvalue weighted by Gasteiger charge is 2.33. The Balaban J connectivity index is 1.44. The molecule has 1 amide bonds. The molecule has 1 atom stereocenters. The zero-order valence-corrected chi connectivity index (χ0v) is 21.5. The number of halogens is 5. The van der Waals surface area contributed by atoms with E-state index in [0.29, 0.717) is 22.0 Å². The molecule has 39 heavy (non-hydrogen) atoms. The number of carbonyl (C=O) groups excluding carboxylic acids is 1. The fourth-order valence-corrected chi connectivity index (χ4v) is 5.08. The topological polar surface area (TPSA) is 55.6 Å². The van der Waals surface area contributed by atoms with Crippen molar-refractivity contribution in [1.82, 2.24) is 4.98 Å². The second kappa shape index (κ2) is 10.6. The fourth-order valence-electron chi connectivity index (χ4n) is 4.78. The lowest BCUT2D eigenvalue weighted by Gasteiger charge is -2.29. The Labute approximate surface area is 232 Å². The molecule has 3 aromatic carbocycles. The highest BCUT2D eigenvalue weighted by atomic mass is 35.5. The number of anilines is 1. The number of amides is 1. The van der Waals surface area contributed by atoms with Crippen LogP contribution in [0.25, 0.3) is 16.0 Å². The van der Waals surface area contributed by atoms with Crippen molar-refractivity contribution in [1.29, 1.82) is 0 Å². The van der Waals surface area contributed by atoms with Gasteiger partial charge < -0.3 is 4.74 Å². The van der Waals surface area contributed by atoms with E-state index in [1.54, 1.807) is 12.3 Å². The summed E-state index contributed by atoms with van der Waals surface area (Å²) in [5.41, 5.74) is 3.19. The highest BCUT2D eigenvalue weighted by Crippen LogP contribution is 2.48. The van der Waals surface area contributed by atoms with Gasteiger partial charge in [0.15, 0.2) is 0 Å². The van der Waals surface area contributed by atoms with Crippen molar-refractivity contribution in [3.05, 3.63) is 122 Å².